The van der Waals surface area contributed by atoms with Crippen molar-refractivity contribution in [1.29, 1.82) is 0 Å². The Morgan fingerprint density at radius 2 is 2.15 bits per heavy atom. The lowest BCUT2D eigenvalue weighted by atomic mass is 10.0. The molecule has 0 amide bonds. The first-order valence-electron chi connectivity index (χ1n) is 4.65. The summed E-state index contributed by atoms with van der Waals surface area (Å²) in [6.07, 6.45) is 0.128. The zero-order valence-corrected chi connectivity index (χ0v) is 7.96. The molecule has 0 spiro atoms. The topological polar surface area (TPSA) is 27.7 Å². The van der Waals surface area contributed by atoms with E-state index in [9.17, 15) is 4.39 Å². The number of hydrogen-bond acceptors (Lipinski definition) is 3. The number of alkyl halides is 1. The van der Waals surface area contributed by atoms with Crippen molar-refractivity contribution >= 4 is 0 Å². The number of hydrogen-bond donors (Lipinski definition) is 0. The Balaban J connectivity index is 2.08. The second kappa shape index (κ2) is 3.19. The Kier molecular flexibility index (Phi) is 2.30. The molecule has 0 radical (unpaired) electrons. The summed E-state index contributed by atoms with van der Waals surface area (Å²) in [6.45, 7) is 3.76. The SMILES string of the molecule is CC1(C)OC2CCOC(CF)C2O1. The molecule has 0 aromatic rings. The van der Waals surface area contributed by atoms with Gasteiger partial charge in [0.2, 0.25) is 0 Å². The van der Waals surface area contributed by atoms with Crippen molar-refractivity contribution in [3.8, 4) is 0 Å². The molecule has 2 aliphatic heterocycles. The first-order chi connectivity index (χ1) is 6.12. The van der Waals surface area contributed by atoms with E-state index in [0.29, 0.717) is 6.61 Å². The third kappa shape index (κ3) is 1.71. The number of fused-ring (bicyclic) bond motifs is 1. The van der Waals surface area contributed by atoms with Crippen molar-refractivity contribution < 1.29 is 18.6 Å². The summed E-state index contributed by atoms with van der Waals surface area (Å²) < 4.78 is 28.9. The lowest BCUT2D eigenvalue weighted by Crippen LogP contribution is -2.43. The van der Waals surface area contributed by atoms with Crippen LogP contribution in [0.2, 0.25) is 0 Å². The van der Waals surface area contributed by atoms with E-state index in [0.717, 1.165) is 6.42 Å². The van der Waals surface area contributed by atoms with Crippen molar-refractivity contribution in [2.45, 2.75) is 44.4 Å². The molecular formula is C9H15FO3. The molecule has 4 heteroatoms. The van der Waals surface area contributed by atoms with E-state index in [-0.39, 0.29) is 12.2 Å². The van der Waals surface area contributed by atoms with E-state index in [1.807, 2.05) is 13.8 Å². The third-order valence-corrected chi connectivity index (χ3v) is 2.47. The Labute approximate surface area is 77.2 Å². The minimum Gasteiger partial charge on any atom is -0.373 e. The summed E-state index contributed by atoms with van der Waals surface area (Å²) in [5, 5.41) is 0. The zero-order valence-electron chi connectivity index (χ0n) is 7.96. The predicted octanol–water partition coefficient (Wildman–Crippen LogP) is 1.26. The molecule has 2 heterocycles. The predicted molar refractivity (Wildman–Crippen MR) is 44.2 cm³/mol. The van der Waals surface area contributed by atoms with Gasteiger partial charge in [0.15, 0.2) is 5.79 Å². The van der Waals surface area contributed by atoms with E-state index in [1.165, 1.54) is 0 Å². The van der Waals surface area contributed by atoms with Crippen molar-refractivity contribution in [1.82, 2.24) is 0 Å². The van der Waals surface area contributed by atoms with Gasteiger partial charge in [-0.25, -0.2) is 4.39 Å². The molecule has 3 unspecified atom stereocenters. The molecule has 2 saturated heterocycles. The van der Waals surface area contributed by atoms with E-state index in [2.05, 4.69) is 0 Å². The summed E-state index contributed by atoms with van der Waals surface area (Å²) in [5.41, 5.74) is 0. The van der Waals surface area contributed by atoms with Crippen LogP contribution in [0.5, 0.6) is 0 Å². The molecule has 0 aromatic heterocycles. The Morgan fingerprint density at radius 3 is 2.85 bits per heavy atom. The number of ether oxygens (including phenoxy) is 3. The van der Waals surface area contributed by atoms with Gasteiger partial charge in [-0.3, -0.25) is 0 Å². The van der Waals surface area contributed by atoms with E-state index >= 15 is 0 Å². The van der Waals surface area contributed by atoms with Gasteiger partial charge >= 0.3 is 0 Å². The van der Waals surface area contributed by atoms with Crippen LogP contribution in [-0.4, -0.2) is 37.4 Å². The number of rotatable bonds is 1. The summed E-state index contributed by atoms with van der Waals surface area (Å²) in [5.74, 6) is -0.587. The molecule has 2 fully saturated rings. The van der Waals surface area contributed by atoms with Crippen molar-refractivity contribution in [2.75, 3.05) is 13.3 Å². The maximum atomic E-state index is 12.5. The van der Waals surface area contributed by atoms with Gasteiger partial charge in [-0.05, 0) is 20.3 Å². The number of halogens is 1. The molecule has 0 aliphatic carbocycles. The van der Waals surface area contributed by atoms with Crippen LogP contribution in [0.25, 0.3) is 0 Å². The van der Waals surface area contributed by atoms with Gasteiger partial charge in [0.1, 0.15) is 18.9 Å². The minimum atomic E-state index is -0.587. The summed E-state index contributed by atoms with van der Waals surface area (Å²) in [7, 11) is 0. The maximum Gasteiger partial charge on any atom is 0.163 e. The van der Waals surface area contributed by atoms with Crippen LogP contribution in [0, 0.1) is 0 Å². The average molecular weight is 190 g/mol. The van der Waals surface area contributed by atoms with Crippen LogP contribution < -0.4 is 0 Å². The fourth-order valence-corrected chi connectivity index (χ4v) is 1.96. The Morgan fingerprint density at radius 1 is 1.38 bits per heavy atom. The van der Waals surface area contributed by atoms with Crippen LogP contribution in [0.15, 0.2) is 0 Å². The van der Waals surface area contributed by atoms with Gasteiger partial charge in [0.25, 0.3) is 0 Å². The van der Waals surface area contributed by atoms with Crippen molar-refractivity contribution in [3.63, 3.8) is 0 Å². The highest BCUT2D eigenvalue weighted by Gasteiger charge is 2.47. The molecule has 0 saturated carbocycles. The lowest BCUT2D eigenvalue weighted by Gasteiger charge is -2.29. The highest BCUT2D eigenvalue weighted by atomic mass is 19.1. The van der Waals surface area contributed by atoms with Crippen LogP contribution in [0.3, 0.4) is 0 Å². The first-order valence-corrected chi connectivity index (χ1v) is 4.65. The van der Waals surface area contributed by atoms with Crippen LogP contribution in [0.1, 0.15) is 20.3 Å². The highest BCUT2D eigenvalue weighted by molar-refractivity contribution is 4.89. The molecule has 76 valence electrons. The molecule has 2 aliphatic rings. The molecule has 0 N–H and O–H groups in total. The van der Waals surface area contributed by atoms with Gasteiger partial charge in [-0.15, -0.1) is 0 Å². The molecule has 3 nitrogen and oxygen atoms in total. The third-order valence-electron chi connectivity index (χ3n) is 2.47. The van der Waals surface area contributed by atoms with Gasteiger partial charge in [-0.2, -0.15) is 0 Å². The van der Waals surface area contributed by atoms with Gasteiger partial charge in [-0.1, -0.05) is 0 Å². The second-order valence-corrected chi connectivity index (χ2v) is 3.99. The normalized spacial score (nSPS) is 43.2. The van der Waals surface area contributed by atoms with Gasteiger partial charge < -0.3 is 14.2 Å². The van der Waals surface area contributed by atoms with Gasteiger partial charge in [0, 0.05) is 6.61 Å². The fraction of sp³-hybridized carbons (Fsp3) is 1.00. The molecule has 13 heavy (non-hydrogen) atoms. The Hall–Kier alpha value is -0.190. The highest BCUT2D eigenvalue weighted by Crippen LogP contribution is 2.35. The van der Waals surface area contributed by atoms with E-state index in [1.54, 1.807) is 0 Å². The molecule has 2 rings (SSSR count). The average Bonchev–Trinajstić information content (AvgIpc) is 2.37. The standard InChI is InChI=1S/C9H15FO3/c1-9(2)12-6-3-4-11-7(5-10)8(6)13-9/h6-8H,3-5H2,1-2H3. The van der Waals surface area contributed by atoms with Crippen LogP contribution >= 0.6 is 0 Å². The van der Waals surface area contributed by atoms with E-state index < -0.39 is 18.6 Å². The summed E-state index contributed by atoms with van der Waals surface area (Å²) >= 11 is 0. The molecule has 3 atom stereocenters. The smallest absolute Gasteiger partial charge is 0.163 e. The van der Waals surface area contributed by atoms with Crippen LogP contribution in [0.4, 0.5) is 4.39 Å². The van der Waals surface area contributed by atoms with Gasteiger partial charge in [0.05, 0.1) is 6.10 Å². The molecule has 0 bridgehead atoms. The summed E-state index contributed by atoms with van der Waals surface area (Å²) in [6, 6.07) is 0. The van der Waals surface area contributed by atoms with Crippen LogP contribution in [-0.2, 0) is 14.2 Å². The molecule has 0 aromatic carbocycles. The first kappa shape index (κ1) is 9.37. The van der Waals surface area contributed by atoms with Crippen molar-refractivity contribution in [2.24, 2.45) is 0 Å². The lowest BCUT2D eigenvalue weighted by molar-refractivity contribution is -0.155. The minimum absolute atomic E-state index is 0.00417. The summed E-state index contributed by atoms with van der Waals surface area (Å²) in [4.78, 5) is 0. The fourth-order valence-electron chi connectivity index (χ4n) is 1.96. The maximum absolute atomic E-state index is 12.5. The Bertz CT molecular complexity index is 195. The van der Waals surface area contributed by atoms with Crippen molar-refractivity contribution in [3.05, 3.63) is 0 Å². The monoisotopic (exact) mass is 190 g/mol. The zero-order chi connectivity index (χ0) is 9.47. The molecular weight excluding hydrogens is 175 g/mol. The second-order valence-electron chi connectivity index (χ2n) is 3.99. The largest absolute Gasteiger partial charge is 0.373 e. The van der Waals surface area contributed by atoms with E-state index in [4.69, 9.17) is 14.2 Å². The quantitative estimate of drug-likeness (QED) is 0.623.